The molecule has 2 aliphatic rings. The molecule has 2 fully saturated rings. The third-order valence-corrected chi connectivity index (χ3v) is 4.70. The molecule has 7 nitrogen and oxygen atoms in total. The van der Waals surface area contributed by atoms with Crippen molar-refractivity contribution in [3.05, 3.63) is 33.9 Å². The molecule has 1 atom stereocenters. The van der Waals surface area contributed by atoms with Gasteiger partial charge in [0.05, 0.1) is 4.92 Å². The van der Waals surface area contributed by atoms with Crippen LogP contribution in [0.15, 0.2) is 18.2 Å². The Kier molecular flexibility index (Phi) is 4.47. The van der Waals surface area contributed by atoms with Crippen LogP contribution in [0.25, 0.3) is 0 Å². The van der Waals surface area contributed by atoms with Gasteiger partial charge in [0.15, 0.2) is 0 Å². The Hall–Kier alpha value is -2.15. The Morgan fingerprint density at radius 3 is 2.65 bits per heavy atom. The minimum absolute atomic E-state index is 0.00402. The molecular weight excluding hydrogens is 298 g/mol. The number of carbonyl (C=O) groups excluding carboxylic acids is 1. The zero-order chi connectivity index (χ0) is 16.4. The molecule has 1 N–H and O–H groups in total. The second-order valence-corrected chi connectivity index (χ2v) is 6.24. The quantitative estimate of drug-likeness (QED) is 0.673. The number of likely N-dealkylation sites (tertiary alicyclic amines) is 1. The molecule has 1 unspecified atom stereocenters. The van der Waals surface area contributed by atoms with Crippen molar-refractivity contribution in [2.24, 2.45) is 5.92 Å². The van der Waals surface area contributed by atoms with Crippen LogP contribution in [0.2, 0.25) is 0 Å². The van der Waals surface area contributed by atoms with Crippen molar-refractivity contribution in [1.82, 2.24) is 4.90 Å². The molecule has 1 amide bonds. The number of nitro benzene ring substituents is 1. The molecule has 124 valence electrons. The van der Waals surface area contributed by atoms with E-state index in [0.29, 0.717) is 24.3 Å². The molecule has 0 aromatic heterocycles. The molecule has 0 saturated carbocycles. The summed E-state index contributed by atoms with van der Waals surface area (Å²) in [6.45, 7) is 2.80. The van der Waals surface area contributed by atoms with Gasteiger partial charge in [0, 0.05) is 50.3 Å². The highest BCUT2D eigenvalue weighted by atomic mass is 16.6. The van der Waals surface area contributed by atoms with Crippen molar-refractivity contribution in [2.75, 3.05) is 37.7 Å². The van der Waals surface area contributed by atoms with Gasteiger partial charge in [-0.3, -0.25) is 14.9 Å². The Morgan fingerprint density at radius 2 is 2.04 bits per heavy atom. The van der Waals surface area contributed by atoms with Crippen LogP contribution >= 0.6 is 0 Å². The maximum Gasteiger partial charge on any atom is 0.293 e. The molecule has 2 heterocycles. The molecule has 3 rings (SSSR count). The van der Waals surface area contributed by atoms with Crippen molar-refractivity contribution >= 4 is 17.3 Å². The van der Waals surface area contributed by atoms with Gasteiger partial charge < -0.3 is 14.9 Å². The monoisotopic (exact) mass is 319 g/mol. The van der Waals surface area contributed by atoms with Gasteiger partial charge in [0.1, 0.15) is 5.69 Å². The van der Waals surface area contributed by atoms with Crippen LogP contribution in [0.5, 0.6) is 0 Å². The van der Waals surface area contributed by atoms with Crippen molar-refractivity contribution in [3.8, 4) is 0 Å². The van der Waals surface area contributed by atoms with E-state index in [2.05, 4.69) is 0 Å². The fourth-order valence-electron chi connectivity index (χ4n) is 3.38. The third-order valence-electron chi connectivity index (χ3n) is 4.70. The van der Waals surface area contributed by atoms with Gasteiger partial charge in [-0.25, -0.2) is 0 Å². The number of benzene rings is 1. The number of rotatable bonds is 4. The predicted molar refractivity (Wildman–Crippen MR) is 85.6 cm³/mol. The van der Waals surface area contributed by atoms with Crippen LogP contribution in [0.3, 0.4) is 0 Å². The lowest BCUT2D eigenvalue weighted by atomic mass is 10.1. The maximum absolute atomic E-state index is 12.5. The van der Waals surface area contributed by atoms with E-state index in [1.807, 2.05) is 4.90 Å². The second kappa shape index (κ2) is 6.54. The van der Waals surface area contributed by atoms with Gasteiger partial charge in [-0.1, -0.05) is 0 Å². The summed E-state index contributed by atoms with van der Waals surface area (Å²) in [5, 5.41) is 20.6. The highest BCUT2D eigenvalue weighted by Crippen LogP contribution is 2.32. The fraction of sp³-hybridized carbons (Fsp3) is 0.562. The molecular formula is C16H21N3O4. The van der Waals surface area contributed by atoms with Gasteiger partial charge in [-0.15, -0.1) is 0 Å². The van der Waals surface area contributed by atoms with Gasteiger partial charge in [0.2, 0.25) is 0 Å². The lowest BCUT2D eigenvalue weighted by molar-refractivity contribution is -0.384. The average molecular weight is 319 g/mol. The third kappa shape index (κ3) is 3.14. The van der Waals surface area contributed by atoms with E-state index in [1.54, 1.807) is 17.0 Å². The normalized spacial score (nSPS) is 21.0. The molecule has 1 aromatic rings. The molecule has 23 heavy (non-hydrogen) atoms. The maximum atomic E-state index is 12.5. The number of hydrogen-bond donors (Lipinski definition) is 1. The minimum Gasteiger partial charge on any atom is -0.396 e. The lowest BCUT2D eigenvalue weighted by Gasteiger charge is -2.19. The Morgan fingerprint density at radius 1 is 1.30 bits per heavy atom. The first-order valence-corrected chi connectivity index (χ1v) is 8.03. The number of nitrogens with zero attached hydrogens (tertiary/aromatic N) is 3. The van der Waals surface area contributed by atoms with Gasteiger partial charge in [0.25, 0.3) is 11.6 Å². The molecule has 0 bridgehead atoms. The number of aliphatic hydroxyl groups is 1. The summed E-state index contributed by atoms with van der Waals surface area (Å²) >= 11 is 0. The number of nitro groups is 1. The zero-order valence-corrected chi connectivity index (χ0v) is 13.0. The smallest absolute Gasteiger partial charge is 0.293 e. The largest absolute Gasteiger partial charge is 0.396 e. The first-order chi connectivity index (χ1) is 11.1. The van der Waals surface area contributed by atoms with Crippen LogP contribution in [0, 0.1) is 16.0 Å². The molecule has 0 spiro atoms. The topological polar surface area (TPSA) is 86.9 Å². The van der Waals surface area contributed by atoms with Crippen molar-refractivity contribution in [3.63, 3.8) is 0 Å². The van der Waals surface area contributed by atoms with Crippen molar-refractivity contribution in [1.29, 1.82) is 0 Å². The van der Waals surface area contributed by atoms with Crippen LogP contribution in [-0.2, 0) is 0 Å². The number of carbonyl (C=O) groups is 1. The first kappa shape index (κ1) is 15.7. The predicted octanol–water partition coefficient (Wildman–Crippen LogP) is 1.65. The number of hydrogen-bond acceptors (Lipinski definition) is 5. The van der Waals surface area contributed by atoms with Crippen LogP contribution in [-0.4, -0.2) is 53.6 Å². The standard InChI is InChI=1S/C16H21N3O4/c20-11-12-5-8-18(10-12)16(21)13-3-4-14(15(9-13)19(22)23)17-6-1-2-7-17/h3-4,9,12,20H,1-2,5-8,10-11H2. The summed E-state index contributed by atoms with van der Waals surface area (Å²) < 4.78 is 0. The van der Waals surface area contributed by atoms with E-state index in [0.717, 1.165) is 32.4 Å². The van der Waals surface area contributed by atoms with Gasteiger partial charge in [-0.2, -0.15) is 0 Å². The molecule has 2 aliphatic heterocycles. The summed E-state index contributed by atoms with van der Waals surface area (Å²) in [5.74, 6) is -0.0881. The zero-order valence-electron chi connectivity index (χ0n) is 13.0. The highest BCUT2D eigenvalue weighted by Gasteiger charge is 2.29. The van der Waals surface area contributed by atoms with Crippen molar-refractivity contribution < 1.29 is 14.8 Å². The Labute approximate surface area is 134 Å². The number of anilines is 1. The minimum atomic E-state index is -0.412. The Balaban J connectivity index is 1.84. The van der Waals surface area contributed by atoms with Crippen LogP contribution < -0.4 is 4.90 Å². The molecule has 7 heteroatoms. The van der Waals surface area contributed by atoms with Gasteiger partial charge in [-0.05, 0) is 31.4 Å². The van der Waals surface area contributed by atoms with Crippen LogP contribution in [0.4, 0.5) is 11.4 Å². The molecule has 0 aliphatic carbocycles. The number of aliphatic hydroxyl groups excluding tert-OH is 1. The first-order valence-electron chi connectivity index (χ1n) is 8.03. The summed E-state index contributed by atoms with van der Waals surface area (Å²) in [6, 6.07) is 4.76. The van der Waals surface area contributed by atoms with E-state index < -0.39 is 4.92 Å². The van der Waals surface area contributed by atoms with Gasteiger partial charge >= 0.3 is 0 Å². The van der Waals surface area contributed by atoms with Crippen LogP contribution in [0.1, 0.15) is 29.6 Å². The number of amides is 1. The van der Waals surface area contributed by atoms with E-state index in [9.17, 15) is 20.0 Å². The summed E-state index contributed by atoms with van der Waals surface area (Å²) in [6.07, 6.45) is 2.85. The summed E-state index contributed by atoms with van der Waals surface area (Å²) in [7, 11) is 0. The van der Waals surface area contributed by atoms with Crippen molar-refractivity contribution in [2.45, 2.75) is 19.3 Å². The molecule has 0 radical (unpaired) electrons. The second-order valence-electron chi connectivity index (χ2n) is 6.24. The average Bonchev–Trinajstić information content (AvgIpc) is 3.24. The van der Waals surface area contributed by atoms with E-state index in [-0.39, 0.29) is 24.1 Å². The SMILES string of the molecule is O=C(c1ccc(N2CCCC2)c([N+](=O)[O-])c1)N1CCC(CO)C1. The molecule has 1 aromatic carbocycles. The van der Waals surface area contributed by atoms with E-state index in [4.69, 9.17) is 0 Å². The highest BCUT2D eigenvalue weighted by molar-refractivity contribution is 5.96. The lowest BCUT2D eigenvalue weighted by Crippen LogP contribution is -2.29. The fourth-order valence-corrected chi connectivity index (χ4v) is 3.38. The summed E-state index contributed by atoms with van der Waals surface area (Å²) in [5.41, 5.74) is 0.938. The van der Waals surface area contributed by atoms with E-state index >= 15 is 0 Å². The Bertz CT molecular complexity index is 613. The molecule has 2 saturated heterocycles. The van der Waals surface area contributed by atoms with E-state index in [1.165, 1.54) is 6.07 Å². The summed E-state index contributed by atoms with van der Waals surface area (Å²) in [4.78, 5) is 27.2.